The van der Waals surface area contributed by atoms with Crippen LogP contribution in [0.1, 0.15) is 19.4 Å². The van der Waals surface area contributed by atoms with Crippen molar-refractivity contribution in [3.63, 3.8) is 0 Å². The van der Waals surface area contributed by atoms with Crippen LogP contribution in [0, 0.1) is 6.92 Å². The Bertz CT molecular complexity index is 586. The van der Waals surface area contributed by atoms with Crippen molar-refractivity contribution in [3.05, 3.63) is 29.8 Å². The molecular formula is C14H19N5O. The number of aromatic nitrogens is 3. The number of benzene rings is 1. The Morgan fingerprint density at radius 3 is 2.50 bits per heavy atom. The van der Waals surface area contributed by atoms with Gasteiger partial charge in [0, 0.05) is 12.7 Å². The Balaban J connectivity index is 2.26. The van der Waals surface area contributed by atoms with E-state index in [1.807, 2.05) is 45.0 Å². The van der Waals surface area contributed by atoms with Crippen LogP contribution in [0.5, 0.6) is 6.01 Å². The van der Waals surface area contributed by atoms with Gasteiger partial charge in [-0.15, -0.1) is 0 Å². The molecule has 0 amide bonds. The molecule has 0 aliphatic carbocycles. The molecule has 0 saturated carbocycles. The summed E-state index contributed by atoms with van der Waals surface area (Å²) in [6.45, 7) is 5.89. The van der Waals surface area contributed by atoms with Crippen molar-refractivity contribution in [2.75, 3.05) is 17.7 Å². The molecule has 0 bridgehead atoms. The molecule has 106 valence electrons. The molecule has 0 radical (unpaired) electrons. The molecule has 6 nitrogen and oxygen atoms in total. The molecule has 1 heterocycles. The molecule has 20 heavy (non-hydrogen) atoms. The van der Waals surface area contributed by atoms with Crippen molar-refractivity contribution < 1.29 is 4.74 Å². The van der Waals surface area contributed by atoms with Crippen LogP contribution in [-0.4, -0.2) is 28.1 Å². The van der Waals surface area contributed by atoms with Crippen LogP contribution < -0.4 is 15.4 Å². The van der Waals surface area contributed by atoms with Crippen molar-refractivity contribution in [2.45, 2.75) is 26.9 Å². The maximum atomic E-state index is 5.52. The predicted octanol–water partition coefficient (Wildman–Crippen LogP) is 2.75. The summed E-state index contributed by atoms with van der Waals surface area (Å²) in [7, 11) is 1.75. The van der Waals surface area contributed by atoms with Crippen molar-refractivity contribution in [2.24, 2.45) is 0 Å². The number of nitrogens with zero attached hydrogens (tertiary/aromatic N) is 3. The molecule has 1 aromatic heterocycles. The van der Waals surface area contributed by atoms with E-state index < -0.39 is 0 Å². The van der Waals surface area contributed by atoms with Gasteiger partial charge >= 0.3 is 6.01 Å². The summed E-state index contributed by atoms with van der Waals surface area (Å²) in [5.41, 5.74) is 2.09. The highest BCUT2D eigenvalue weighted by atomic mass is 16.5. The standard InChI is InChI=1S/C14H19N5O/c1-9(2)20-14-18-12(15-4)17-13(19-14)16-11-7-5-6-10(3)8-11/h5-9H,1-4H3,(H2,15,16,17,18,19). The minimum absolute atomic E-state index is 0.00826. The highest BCUT2D eigenvalue weighted by Gasteiger charge is 2.08. The van der Waals surface area contributed by atoms with Crippen LogP contribution in [0.15, 0.2) is 24.3 Å². The third-order valence-corrected chi connectivity index (χ3v) is 2.45. The topological polar surface area (TPSA) is 72.0 Å². The Hall–Kier alpha value is -2.37. The molecule has 1 aromatic carbocycles. The molecule has 0 unspecified atom stereocenters. The number of ether oxygens (including phenoxy) is 1. The molecule has 2 N–H and O–H groups in total. The molecule has 0 aliphatic rings. The molecule has 0 fully saturated rings. The second-order valence-electron chi connectivity index (χ2n) is 4.68. The number of hydrogen-bond acceptors (Lipinski definition) is 6. The van der Waals surface area contributed by atoms with Gasteiger partial charge in [-0.3, -0.25) is 0 Å². The SMILES string of the molecule is CNc1nc(Nc2cccc(C)c2)nc(OC(C)C)n1. The summed E-state index contributed by atoms with van der Waals surface area (Å²) < 4.78 is 5.52. The van der Waals surface area contributed by atoms with Crippen molar-refractivity contribution >= 4 is 17.6 Å². The first-order valence-electron chi connectivity index (χ1n) is 6.51. The second kappa shape index (κ2) is 6.18. The Morgan fingerprint density at radius 1 is 1.10 bits per heavy atom. The van der Waals surface area contributed by atoms with E-state index >= 15 is 0 Å². The van der Waals surface area contributed by atoms with E-state index in [1.54, 1.807) is 7.05 Å². The average molecular weight is 273 g/mol. The van der Waals surface area contributed by atoms with Gasteiger partial charge < -0.3 is 15.4 Å². The van der Waals surface area contributed by atoms with Crippen LogP contribution in [0.2, 0.25) is 0 Å². The fourth-order valence-electron chi connectivity index (χ4n) is 1.64. The quantitative estimate of drug-likeness (QED) is 0.872. The zero-order valence-electron chi connectivity index (χ0n) is 12.1. The number of anilines is 3. The smallest absolute Gasteiger partial charge is 0.323 e. The van der Waals surface area contributed by atoms with Gasteiger partial charge in [-0.05, 0) is 38.5 Å². The van der Waals surface area contributed by atoms with Crippen LogP contribution in [0.4, 0.5) is 17.6 Å². The van der Waals surface area contributed by atoms with Crippen LogP contribution >= 0.6 is 0 Å². The first kappa shape index (κ1) is 14.0. The lowest BCUT2D eigenvalue weighted by molar-refractivity contribution is 0.222. The predicted molar refractivity (Wildman–Crippen MR) is 79.6 cm³/mol. The Morgan fingerprint density at radius 2 is 1.85 bits per heavy atom. The molecule has 0 atom stereocenters. The summed E-state index contributed by atoms with van der Waals surface area (Å²) in [5, 5.41) is 6.05. The highest BCUT2D eigenvalue weighted by molar-refractivity contribution is 5.55. The number of hydrogen-bond donors (Lipinski definition) is 2. The average Bonchev–Trinajstić information content (AvgIpc) is 2.37. The van der Waals surface area contributed by atoms with Crippen LogP contribution in [0.3, 0.4) is 0 Å². The lowest BCUT2D eigenvalue weighted by atomic mass is 10.2. The molecule has 0 aliphatic heterocycles. The number of nitrogens with one attached hydrogen (secondary N) is 2. The van der Waals surface area contributed by atoms with E-state index in [4.69, 9.17) is 4.74 Å². The van der Waals surface area contributed by atoms with Gasteiger partial charge in [0.25, 0.3) is 0 Å². The Kier molecular flexibility index (Phi) is 4.34. The summed E-state index contributed by atoms with van der Waals surface area (Å²) in [5.74, 6) is 0.913. The van der Waals surface area contributed by atoms with Crippen molar-refractivity contribution in [3.8, 4) is 6.01 Å². The van der Waals surface area contributed by atoms with Gasteiger partial charge in [0.1, 0.15) is 0 Å². The molecule has 0 saturated heterocycles. The van der Waals surface area contributed by atoms with Gasteiger partial charge in [-0.2, -0.15) is 15.0 Å². The third kappa shape index (κ3) is 3.81. The van der Waals surface area contributed by atoms with E-state index in [0.29, 0.717) is 17.9 Å². The van der Waals surface area contributed by atoms with E-state index in [-0.39, 0.29) is 6.10 Å². The van der Waals surface area contributed by atoms with Gasteiger partial charge in [-0.25, -0.2) is 0 Å². The monoisotopic (exact) mass is 273 g/mol. The lowest BCUT2D eigenvalue weighted by Gasteiger charge is -2.11. The molecule has 6 heteroatoms. The zero-order valence-corrected chi connectivity index (χ0v) is 12.1. The van der Waals surface area contributed by atoms with E-state index in [0.717, 1.165) is 11.3 Å². The number of rotatable bonds is 5. The second-order valence-corrected chi connectivity index (χ2v) is 4.68. The van der Waals surface area contributed by atoms with Gasteiger partial charge in [-0.1, -0.05) is 12.1 Å². The minimum Gasteiger partial charge on any atom is -0.461 e. The summed E-state index contributed by atoms with van der Waals surface area (Å²) in [6.07, 6.45) is 0.00826. The van der Waals surface area contributed by atoms with Crippen LogP contribution in [-0.2, 0) is 0 Å². The van der Waals surface area contributed by atoms with Gasteiger partial charge in [0.15, 0.2) is 0 Å². The third-order valence-electron chi connectivity index (χ3n) is 2.45. The van der Waals surface area contributed by atoms with E-state index in [9.17, 15) is 0 Å². The van der Waals surface area contributed by atoms with Crippen molar-refractivity contribution in [1.82, 2.24) is 15.0 Å². The summed E-state index contributed by atoms with van der Waals surface area (Å²) in [4.78, 5) is 12.7. The fourth-order valence-corrected chi connectivity index (χ4v) is 1.64. The van der Waals surface area contributed by atoms with Gasteiger partial charge in [0.05, 0.1) is 6.10 Å². The van der Waals surface area contributed by atoms with E-state index in [2.05, 4.69) is 25.6 Å². The molecule has 0 spiro atoms. The maximum absolute atomic E-state index is 5.52. The minimum atomic E-state index is 0.00826. The number of aryl methyl sites for hydroxylation is 1. The van der Waals surface area contributed by atoms with E-state index in [1.165, 1.54) is 0 Å². The molecule has 2 aromatic rings. The molecule has 2 rings (SSSR count). The lowest BCUT2D eigenvalue weighted by Crippen LogP contribution is -2.11. The normalized spacial score (nSPS) is 10.4. The largest absolute Gasteiger partial charge is 0.461 e. The fraction of sp³-hybridized carbons (Fsp3) is 0.357. The first-order valence-corrected chi connectivity index (χ1v) is 6.51. The highest BCUT2D eigenvalue weighted by Crippen LogP contribution is 2.17. The molecular weight excluding hydrogens is 254 g/mol. The maximum Gasteiger partial charge on any atom is 0.323 e. The van der Waals surface area contributed by atoms with Crippen LogP contribution in [0.25, 0.3) is 0 Å². The summed E-state index contributed by atoms with van der Waals surface area (Å²) >= 11 is 0. The first-order chi connectivity index (χ1) is 9.56. The van der Waals surface area contributed by atoms with Gasteiger partial charge in [0.2, 0.25) is 11.9 Å². The summed E-state index contributed by atoms with van der Waals surface area (Å²) in [6, 6.07) is 8.29. The van der Waals surface area contributed by atoms with Crippen molar-refractivity contribution in [1.29, 1.82) is 0 Å². The Labute approximate surface area is 118 Å². The zero-order chi connectivity index (χ0) is 14.5.